The summed E-state index contributed by atoms with van der Waals surface area (Å²) in [5.41, 5.74) is 4.37. The third-order valence-electron chi connectivity index (χ3n) is 5.51. The second kappa shape index (κ2) is 11.3. The number of halogens is 3. The summed E-state index contributed by atoms with van der Waals surface area (Å²) in [6, 6.07) is 11.7. The number of allylic oxidation sites excluding steroid dienone is 6. The topological polar surface area (TPSA) is 56.1 Å². The number of aryl methyl sites for hydroxylation is 1. The van der Waals surface area contributed by atoms with E-state index < -0.39 is 24.2 Å². The predicted octanol–water partition coefficient (Wildman–Crippen LogP) is 6.92. The summed E-state index contributed by atoms with van der Waals surface area (Å²) >= 11 is 0. The van der Waals surface area contributed by atoms with Crippen LogP contribution in [0.2, 0.25) is 0 Å². The SMILES string of the molecule is C/C=C\C=C(/C=C(C)C)n1ncc2cc(O[C@H](c3ccccc3C)[C@H](C)NC(=O)C(F)(F)F)ccc21. The molecule has 1 amide bonds. The van der Waals surface area contributed by atoms with Crippen LogP contribution in [0.25, 0.3) is 16.6 Å². The standard InChI is InChI=1S/C28H30F3N3O2/c1-6-7-11-22(15-18(2)3)34-25-14-13-23(16-21(25)17-32-34)36-26(24-12-9-8-10-19(24)4)20(5)33-27(35)28(29,30)31/h6-17,20,26H,1-5H3,(H,33,35)/b7-6-,22-11+/t20-,26-/m0/s1. The molecule has 1 heterocycles. The molecule has 0 saturated carbocycles. The van der Waals surface area contributed by atoms with Gasteiger partial charge in [-0.05, 0) is 76.1 Å². The van der Waals surface area contributed by atoms with Crippen molar-refractivity contribution in [1.29, 1.82) is 0 Å². The summed E-state index contributed by atoms with van der Waals surface area (Å²) in [6.07, 6.45) is 3.73. The number of amides is 1. The molecule has 0 saturated heterocycles. The number of ether oxygens (including phenoxy) is 1. The number of hydrogen-bond donors (Lipinski definition) is 1. The Hall–Kier alpha value is -3.81. The Labute approximate surface area is 209 Å². The number of nitrogens with one attached hydrogen (secondary N) is 1. The molecule has 2 aromatic carbocycles. The maximum atomic E-state index is 12.9. The van der Waals surface area contributed by atoms with E-state index in [0.717, 1.165) is 27.7 Å². The molecule has 0 aliphatic carbocycles. The zero-order valence-corrected chi connectivity index (χ0v) is 20.9. The molecule has 0 spiro atoms. The third kappa shape index (κ3) is 6.44. The van der Waals surface area contributed by atoms with Crippen LogP contribution < -0.4 is 10.1 Å². The van der Waals surface area contributed by atoms with Crippen LogP contribution >= 0.6 is 0 Å². The van der Waals surface area contributed by atoms with Crippen LogP contribution in [0.1, 0.15) is 44.9 Å². The molecule has 0 bridgehead atoms. The number of rotatable bonds is 8. The quantitative estimate of drug-likeness (QED) is 0.344. The first-order valence-corrected chi connectivity index (χ1v) is 11.6. The molecule has 2 atom stereocenters. The van der Waals surface area contributed by atoms with E-state index in [1.54, 1.807) is 30.5 Å². The van der Waals surface area contributed by atoms with E-state index in [1.165, 1.54) is 6.92 Å². The lowest BCUT2D eigenvalue weighted by Crippen LogP contribution is -2.45. The number of benzene rings is 2. The number of fused-ring (bicyclic) bond motifs is 1. The van der Waals surface area contributed by atoms with Crippen LogP contribution in [0.4, 0.5) is 13.2 Å². The average Bonchev–Trinajstić information content (AvgIpc) is 3.23. The minimum atomic E-state index is -4.98. The maximum absolute atomic E-state index is 12.9. The number of nitrogens with zero attached hydrogens (tertiary/aromatic N) is 2. The molecule has 5 nitrogen and oxygen atoms in total. The summed E-state index contributed by atoms with van der Waals surface area (Å²) in [7, 11) is 0. The Morgan fingerprint density at radius 2 is 1.89 bits per heavy atom. The lowest BCUT2D eigenvalue weighted by atomic mass is 9.98. The van der Waals surface area contributed by atoms with Gasteiger partial charge in [0.25, 0.3) is 0 Å². The predicted molar refractivity (Wildman–Crippen MR) is 136 cm³/mol. The smallest absolute Gasteiger partial charge is 0.471 e. The number of carbonyl (C=O) groups excluding carboxylic acids is 1. The van der Waals surface area contributed by atoms with E-state index in [0.29, 0.717) is 11.3 Å². The normalized spacial score (nSPS) is 14.1. The first-order chi connectivity index (χ1) is 17.0. The Balaban J connectivity index is 1.98. The third-order valence-corrected chi connectivity index (χ3v) is 5.51. The van der Waals surface area contributed by atoms with Gasteiger partial charge < -0.3 is 10.1 Å². The van der Waals surface area contributed by atoms with E-state index in [9.17, 15) is 18.0 Å². The highest BCUT2D eigenvalue weighted by Gasteiger charge is 2.40. The van der Waals surface area contributed by atoms with Gasteiger partial charge in [0, 0.05) is 5.39 Å². The molecule has 190 valence electrons. The molecule has 0 aliphatic heterocycles. The molecule has 1 N–H and O–H groups in total. The van der Waals surface area contributed by atoms with Crippen LogP contribution in [-0.4, -0.2) is 27.9 Å². The lowest BCUT2D eigenvalue weighted by Gasteiger charge is -2.28. The molecule has 0 fully saturated rings. The minimum Gasteiger partial charge on any atom is -0.484 e. The van der Waals surface area contributed by atoms with Crippen LogP contribution in [0, 0.1) is 6.92 Å². The zero-order valence-electron chi connectivity index (χ0n) is 20.9. The largest absolute Gasteiger partial charge is 0.484 e. The molecule has 0 unspecified atom stereocenters. The van der Waals surface area contributed by atoms with Gasteiger partial charge in [-0.1, -0.05) is 42.0 Å². The number of alkyl halides is 3. The summed E-state index contributed by atoms with van der Waals surface area (Å²) in [5.74, 6) is -1.56. The Morgan fingerprint density at radius 3 is 2.53 bits per heavy atom. The van der Waals surface area contributed by atoms with Crippen LogP contribution in [0.15, 0.2) is 78.5 Å². The van der Waals surface area contributed by atoms with Gasteiger partial charge in [0.1, 0.15) is 11.9 Å². The summed E-state index contributed by atoms with van der Waals surface area (Å²) in [6.45, 7) is 9.29. The van der Waals surface area contributed by atoms with Gasteiger partial charge in [0.05, 0.1) is 23.5 Å². The van der Waals surface area contributed by atoms with Crippen molar-refractivity contribution in [3.8, 4) is 5.75 Å². The van der Waals surface area contributed by atoms with Crippen molar-refractivity contribution in [3.05, 3.63) is 89.7 Å². The summed E-state index contributed by atoms with van der Waals surface area (Å²) < 4.78 is 46.7. The highest BCUT2D eigenvalue weighted by atomic mass is 19.4. The van der Waals surface area contributed by atoms with Crippen LogP contribution in [0.3, 0.4) is 0 Å². The fraction of sp³-hybridized carbons (Fsp3) is 0.286. The maximum Gasteiger partial charge on any atom is 0.471 e. The van der Waals surface area contributed by atoms with Crippen molar-refractivity contribution in [2.24, 2.45) is 0 Å². The van der Waals surface area contributed by atoms with E-state index in [1.807, 2.05) is 80.2 Å². The first-order valence-electron chi connectivity index (χ1n) is 11.6. The minimum absolute atomic E-state index is 0.449. The molecule has 1 aromatic heterocycles. The van der Waals surface area contributed by atoms with Gasteiger partial charge in [-0.25, -0.2) is 4.68 Å². The monoisotopic (exact) mass is 497 g/mol. The zero-order chi connectivity index (χ0) is 26.5. The van der Waals surface area contributed by atoms with E-state index >= 15 is 0 Å². The van der Waals surface area contributed by atoms with Gasteiger partial charge >= 0.3 is 12.1 Å². The van der Waals surface area contributed by atoms with E-state index in [4.69, 9.17) is 4.74 Å². The fourth-order valence-corrected chi connectivity index (χ4v) is 3.81. The fourth-order valence-electron chi connectivity index (χ4n) is 3.81. The second-order valence-corrected chi connectivity index (χ2v) is 8.77. The van der Waals surface area contributed by atoms with Gasteiger partial charge in [-0.2, -0.15) is 18.3 Å². The van der Waals surface area contributed by atoms with Crippen molar-refractivity contribution in [1.82, 2.24) is 15.1 Å². The highest BCUT2D eigenvalue weighted by Crippen LogP contribution is 2.31. The molecule has 0 radical (unpaired) electrons. The van der Waals surface area contributed by atoms with E-state index in [2.05, 4.69) is 5.10 Å². The molecule has 0 aliphatic rings. The van der Waals surface area contributed by atoms with Crippen molar-refractivity contribution in [2.45, 2.75) is 52.9 Å². The Bertz CT molecular complexity index is 1320. The Morgan fingerprint density at radius 1 is 1.17 bits per heavy atom. The summed E-state index contributed by atoms with van der Waals surface area (Å²) in [4.78, 5) is 11.6. The van der Waals surface area contributed by atoms with Crippen molar-refractivity contribution in [3.63, 3.8) is 0 Å². The van der Waals surface area contributed by atoms with Crippen molar-refractivity contribution in [2.75, 3.05) is 0 Å². The lowest BCUT2D eigenvalue weighted by molar-refractivity contribution is -0.174. The first kappa shape index (κ1) is 26.8. The summed E-state index contributed by atoms with van der Waals surface area (Å²) in [5, 5.41) is 7.36. The van der Waals surface area contributed by atoms with Gasteiger partial charge in [0.2, 0.25) is 0 Å². The number of hydrogen-bond acceptors (Lipinski definition) is 3. The average molecular weight is 498 g/mol. The molecule has 3 rings (SSSR count). The molecular weight excluding hydrogens is 467 g/mol. The Kier molecular flexibility index (Phi) is 8.40. The van der Waals surface area contributed by atoms with Crippen molar-refractivity contribution >= 4 is 22.5 Å². The van der Waals surface area contributed by atoms with Gasteiger partial charge in [0.15, 0.2) is 0 Å². The van der Waals surface area contributed by atoms with Crippen molar-refractivity contribution < 1.29 is 22.7 Å². The number of aromatic nitrogens is 2. The second-order valence-electron chi connectivity index (χ2n) is 8.77. The molecular formula is C28H30F3N3O2. The van der Waals surface area contributed by atoms with Gasteiger partial charge in [-0.15, -0.1) is 0 Å². The van der Waals surface area contributed by atoms with Gasteiger partial charge in [-0.3, -0.25) is 4.79 Å². The highest BCUT2D eigenvalue weighted by molar-refractivity contribution is 5.84. The molecule has 8 heteroatoms. The molecule has 36 heavy (non-hydrogen) atoms. The van der Waals surface area contributed by atoms with Crippen LogP contribution in [-0.2, 0) is 4.79 Å². The van der Waals surface area contributed by atoms with Crippen LogP contribution in [0.5, 0.6) is 5.75 Å². The van der Waals surface area contributed by atoms with E-state index in [-0.39, 0.29) is 0 Å². The number of carbonyl (C=O) groups is 1. The molecule has 3 aromatic rings.